The summed E-state index contributed by atoms with van der Waals surface area (Å²) in [5.74, 6) is -2.52. The van der Waals surface area contributed by atoms with Gasteiger partial charge in [0.1, 0.15) is 12.3 Å². The van der Waals surface area contributed by atoms with E-state index in [-0.39, 0.29) is 34.4 Å². The minimum Gasteiger partial charge on any atom is -0.424 e. The van der Waals surface area contributed by atoms with E-state index in [1.807, 2.05) is 48.5 Å². The Labute approximate surface area is 189 Å². The molecule has 32 heavy (non-hydrogen) atoms. The Morgan fingerprint density at radius 3 is 1.66 bits per heavy atom. The summed E-state index contributed by atoms with van der Waals surface area (Å²) in [7, 11) is 0. The van der Waals surface area contributed by atoms with Crippen molar-refractivity contribution in [1.82, 2.24) is 4.90 Å². The molecule has 1 heterocycles. The Balaban J connectivity index is 1.36. The summed E-state index contributed by atoms with van der Waals surface area (Å²) >= 11 is 6.07. The molecule has 0 spiro atoms. The molecule has 7 rings (SSSR count). The number of carbonyl (C=O) groups is 3. The van der Waals surface area contributed by atoms with Gasteiger partial charge < -0.3 is 4.74 Å². The van der Waals surface area contributed by atoms with Gasteiger partial charge in [-0.15, -0.1) is 0 Å². The van der Waals surface area contributed by atoms with Crippen LogP contribution in [-0.2, 0) is 14.4 Å². The van der Waals surface area contributed by atoms with Crippen molar-refractivity contribution in [3.05, 3.63) is 100 Å². The average molecular weight is 444 g/mol. The highest BCUT2D eigenvalue weighted by Gasteiger charge is 2.61. The van der Waals surface area contributed by atoms with Crippen LogP contribution < -0.4 is 4.74 Å². The Morgan fingerprint density at radius 1 is 0.750 bits per heavy atom. The molecule has 2 amide bonds. The van der Waals surface area contributed by atoms with Gasteiger partial charge >= 0.3 is 5.97 Å². The SMILES string of the molecule is O=C(CN1C(=O)[C@H]2C3c4ccccc4C(c4ccccc43)[C@@H]2C1=O)Oc1ccccc1Cl. The Kier molecular flexibility index (Phi) is 4.24. The van der Waals surface area contributed by atoms with E-state index in [2.05, 4.69) is 0 Å². The molecular weight excluding hydrogens is 426 g/mol. The van der Waals surface area contributed by atoms with Crippen molar-refractivity contribution in [3.63, 3.8) is 0 Å². The quantitative estimate of drug-likeness (QED) is 0.347. The molecule has 1 fully saturated rings. The zero-order valence-electron chi connectivity index (χ0n) is 16.9. The smallest absolute Gasteiger partial charge is 0.331 e. The average Bonchev–Trinajstić information content (AvgIpc) is 3.06. The normalized spacial score (nSPS) is 24.7. The number of amides is 2. The monoisotopic (exact) mass is 443 g/mol. The number of hydrogen-bond acceptors (Lipinski definition) is 4. The fourth-order valence-corrected chi connectivity index (χ4v) is 5.88. The van der Waals surface area contributed by atoms with Crippen LogP contribution >= 0.6 is 11.6 Å². The van der Waals surface area contributed by atoms with E-state index in [0.29, 0.717) is 0 Å². The topological polar surface area (TPSA) is 63.7 Å². The number of halogens is 1. The summed E-state index contributed by atoms with van der Waals surface area (Å²) in [5, 5.41) is 0.289. The Hall–Kier alpha value is -3.44. The van der Waals surface area contributed by atoms with Gasteiger partial charge in [-0.05, 0) is 34.4 Å². The largest absolute Gasteiger partial charge is 0.424 e. The van der Waals surface area contributed by atoms with Gasteiger partial charge in [0.15, 0.2) is 0 Å². The number of para-hydroxylation sites is 1. The number of carbonyl (C=O) groups excluding carboxylic acids is 3. The minimum atomic E-state index is -0.694. The first-order chi connectivity index (χ1) is 15.6. The van der Waals surface area contributed by atoms with Crippen molar-refractivity contribution in [1.29, 1.82) is 0 Å². The second-order valence-corrected chi connectivity index (χ2v) is 8.84. The van der Waals surface area contributed by atoms with Crippen LogP contribution in [0, 0.1) is 11.8 Å². The van der Waals surface area contributed by atoms with Crippen molar-refractivity contribution < 1.29 is 19.1 Å². The predicted molar refractivity (Wildman–Crippen MR) is 117 cm³/mol. The first-order valence-electron chi connectivity index (χ1n) is 10.5. The van der Waals surface area contributed by atoms with Crippen molar-refractivity contribution in [2.24, 2.45) is 11.8 Å². The standard InChI is InChI=1S/C26H18ClNO4/c27-18-11-5-6-12-19(18)32-20(29)13-28-25(30)23-21-14-7-1-2-8-15(14)22(24(23)26(28)31)17-10-4-3-9-16(17)21/h1-12,21-24H,13H2/t21?,22?,23-,24-/m0/s1. The lowest BCUT2D eigenvalue weighted by atomic mass is 9.55. The first kappa shape index (κ1) is 19.3. The zero-order valence-corrected chi connectivity index (χ0v) is 17.7. The Bertz CT molecular complexity index is 1190. The van der Waals surface area contributed by atoms with Crippen LogP contribution in [0.4, 0.5) is 0 Å². The van der Waals surface area contributed by atoms with E-state index in [4.69, 9.17) is 16.3 Å². The van der Waals surface area contributed by atoms with Gasteiger partial charge in [-0.3, -0.25) is 14.5 Å². The third-order valence-electron chi connectivity index (χ3n) is 6.89. The van der Waals surface area contributed by atoms with Gasteiger partial charge in [0, 0.05) is 11.8 Å². The number of imide groups is 1. The van der Waals surface area contributed by atoms with Crippen LogP contribution in [0.2, 0.25) is 5.02 Å². The fraction of sp³-hybridized carbons (Fsp3) is 0.192. The summed E-state index contributed by atoms with van der Waals surface area (Å²) in [6, 6.07) is 22.7. The molecule has 0 radical (unpaired) electrons. The molecule has 3 aromatic rings. The second-order valence-electron chi connectivity index (χ2n) is 8.43. The molecule has 0 N–H and O–H groups in total. The molecule has 2 bridgehead atoms. The van der Waals surface area contributed by atoms with E-state index in [0.717, 1.165) is 27.2 Å². The van der Waals surface area contributed by atoms with Crippen LogP contribution in [-0.4, -0.2) is 29.2 Å². The van der Waals surface area contributed by atoms with Crippen molar-refractivity contribution >= 4 is 29.4 Å². The molecule has 1 aliphatic heterocycles. The van der Waals surface area contributed by atoms with Gasteiger partial charge in [0.2, 0.25) is 11.8 Å². The molecule has 0 unspecified atom stereocenters. The summed E-state index contributed by atoms with van der Waals surface area (Å²) in [5.41, 5.74) is 4.39. The van der Waals surface area contributed by atoms with Crippen LogP contribution in [0.3, 0.4) is 0 Å². The highest BCUT2D eigenvalue weighted by molar-refractivity contribution is 6.32. The highest BCUT2D eigenvalue weighted by Crippen LogP contribution is 2.60. The summed E-state index contributed by atoms with van der Waals surface area (Å²) in [6.07, 6.45) is 0. The lowest BCUT2D eigenvalue weighted by molar-refractivity contribution is -0.148. The molecule has 0 aromatic heterocycles. The predicted octanol–water partition coefficient (Wildman–Crippen LogP) is 4.14. The maximum Gasteiger partial charge on any atom is 0.331 e. The number of ether oxygens (including phenoxy) is 1. The molecule has 4 aliphatic rings. The number of nitrogens with zero attached hydrogens (tertiary/aromatic N) is 1. The lowest BCUT2D eigenvalue weighted by Gasteiger charge is -2.45. The van der Waals surface area contributed by atoms with Gasteiger partial charge in [0.05, 0.1) is 16.9 Å². The van der Waals surface area contributed by atoms with Gasteiger partial charge in [-0.1, -0.05) is 72.3 Å². The zero-order chi connectivity index (χ0) is 22.0. The van der Waals surface area contributed by atoms with Gasteiger partial charge in [-0.2, -0.15) is 0 Å². The van der Waals surface area contributed by atoms with Gasteiger partial charge in [-0.25, -0.2) is 4.79 Å². The van der Waals surface area contributed by atoms with E-state index in [1.165, 1.54) is 0 Å². The van der Waals surface area contributed by atoms with E-state index in [9.17, 15) is 14.4 Å². The highest BCUT2D eigenvalue weighted by atomic mass is 35.5. The van der Waals surface area contributed by atoms with Crippen molar-refractivity contribution in [2.45, 2.75) is 11.8 Å². The first-order valence-corrected chi connectivity index (χ1v) is 10.9. The molecule has 1 saturated heterocycles. The van der Waals surface area contributed by atoms with Crippen LogP contribution in [0.5, 0.6) is 5.75 Å². The molecule has 3 aliphatic carbocycles. The maximum atomic E-state index is 13.5. The lowest BCUT2D eigenvalue weighted by Crippen LogP contribution is -2.41. The number of hydrogen-bond donors (Lipinski definition) is 0. The molecule has 0 saturated carbocycles. The number of benzene rings is 3. The van der Waals surface area contributed by atoms with Crippen LogP contribution in [0.1, 0.15) is 34.1 Å². The number of esters is 1. The third-order valence-corrected chi connectivity index (χ3v) is 7.20. The van der Waals surface area contributed by atoms with E-state index >= 15 is 0 Å². The number of rotatable bonds is 3. The van der Waals surface area contributed by atoms with Crippen LogP contribution in [0.15, 0.2) is 72.8 Å². The summed E-state index contributed by atoms with van der Waals surface area (Å²) < 4.78 is 5.33. The summed E-state index contributed by atoms with van der Waals surface area (Å²) in [4.78, 5) is 40.7. The van der Waals surface area contributed by atoms with E-state index in [1.54, 1.807) is 24.3 Å². The molecule has 158 valence electrons. The third kappa shape index (κ3) is 2.61. The second kappa shape index (κ2) is 7.04. The molecule has 6 heteroatoms. The fourth-order valence-electron chi connectivity index (χ4n) is 5.71. The Morgan fingerprint density at radius 2 is 1.19 bits per heavy atom. The number of likely N-dealkylation sites (tertiary alicyclic amines) is 1. The molecular formula is C26H18ClNO4. The van der Waals surface area contributed by atoms with Gasteiger partial charge in [0.25, 0.3) is 0 Å². The van der Waals surface area contributed by atoms with E-state index < -0.39 is 24.3 Å². The molecule has 2 atom stereocenters. The summed E-state index contributed by atoms with van der Waals surface area (Å²) in [6.45, 7) is -0.429. The molecule has 5 nitrogen and oxygen atoms in total. The van der Waals surface area contributed by atoms with Crippen molar-refractivity contribution in [3.8, 4) is 5.75 Å². The van der Waals surface area contributed by atoms with Crippen molar-refractivity contribution in [2.75, 3.05) is 6.54 Å². The maximum absolute atomic E-state index is 13.5. The minimum absolute atomic E-state index is 0.196. The van der Waals surface area contributed by atoms with Crippen LogP contribution in [0.25, 0.3) is 0 Å². The molecule has 3 aromatic carbocycles.